The molecule has 0 amide bonds. The molecule has 112 valence electrons. The zero-order valence-corrected chi connectivity index (χ0v) is 13.5. The van der Waals surface area contributed by atoms with Crippen molar-refractivity contribution < 1.29 is 13.2 Å². The van der Waals surface area contributed by atoms with Gasteiger partial charge in [0.15, 0.2) is 0 Å². The Kier molecular flexibility index (Phi) is 5.13. The van der Waals surface area contributed by atoms with Crippen molar-refractivity contribution in [2.45, 2.75) is 12.2 Å². The van der Waals surface area contributed by atoms with Crippen LogP contribution in [0.2, 0.25) is 5.02 Å². The standard InChI is InChI=1S/C14H11ClF3IN2/c15-8-5-6-12(19)10(7-8)13(21-20)9-3-1-2-4-11(9)14(16,17)18/h1-7,13,21H,20H2. The van der Waals surface area contributed by atoms with E-state index >= 15 is 0 Å². The predicted molar refractivity (Wildman–Crippen MR) is 84.8 cm³/mol. The van der Waals surface area contributed by atoms with Gasteiger partial charge in [0.1, 0.15) is 0 Å². The van der Waals surface area contributed by atoms with Crippen LogP contribution in [0.4, 0.5) is 13.2 Å². The molecule has 0 heterocycles. The third kappa shape index (κ3) is 3.68. The summed E-state index contributed by atoms with van der Waals surface area (Å²) in [5, 5.41) is 0.440. The Morgan fingerprint density at radius 3 is 2.38 bits per heavy atom. The number of nitrogens with one attached hydrogen (secondary N) is 1. The number of halogens is 5. The predicted octanol–water partition coefficient (Wildman–Crippen LogP) is 4.52. The fourth-order valence-corrected chi connectivity index (χ4v) is 2.92. The minimum absolute atomic E-state index is 0.0627. The first-order chi connectivity index (χ1) is 9.84. The van der Waals surface area contributed by atoms with Gasteiger partial charge in [-0.2, -0.15) is 13.2 Å². The maximum Gasteiger partial charge on any atom is 0.416 e. The minimum atomic E-state index is -4.45. The second-order valence-electron chi connectivity index (χ2n) is 4.35. The Bertz CT molecular complexity index is 646. The van der Waals surface area contributed by atoms with Gasteiger partial charge in [0.2, 0.25) is 0 Å². The highest BCUT2D eigenvalue weighted by molar-refractivity contribution is 14.1. The average molecular weight is 427 g/mol. The van der Waals surface area contributed by atoms with Crippen molar-refractivity contribution in [2.24, 2.45) is 5.84 Å². The van der Waals surface area contributed by atoms with Crippen LogP contribution in [0, 0.1) is 3.57 Å². The molecule has 0 bridgehead atoms. The lowest BCUT2D eigenvalue weighted by atomic mass is 9.94. The number of rotatable bonds is 3. The Hall–Kier alpha value is -0.830. The molecule has 7 heteroatoms. The summed E-state index contributed by atoms with van der Waals surface area (Å²) in [5.41, 5.74) is 2.39. The fraction of sp³-hybridized carbons (Fsp3) is 0.143. The lowest BCUT2D eigenvalue weighted by Gasteiger charge is -2.22. The highest BCUT2D eigenvalue weighted by atomic mass is 127. The molecule has 0 saturated carbocycles. The molecule has 1 atom stereocenters. The number of alkyl halides is 3. The molecule has 0 saturated heterocycles. The van der Waals surface area contributed by atoms with Crippen molar-refractivity contribution in [3.63, 3.8) is 0 Å². The van der Waals surface area contributed by atoms with E-state index in [9.17, 15) is 13.2 Å². The van der Waals surface area contributed by atoms with Gasteiger partial charge < -0.3 is 0 Å². The van der Waals surface area contributed by atoms with Gasteiger partial charge in [-0.3, -0.25) is 5.84 Å². The molecule has 2 rings (SSSR count). The van der Waals surface area contributed by atoms with Gasteiger partial charge in [0, 0.05) is 8.59 Å². The molecule has 0 fully saturated rings. The van der Waals surface area contributed by atoms with E-state index in [-0.39, 0.29) is 5.56 Å². The first kappa shape index (κ1) is 16.5. The molecular weight excluding hydrogens is 416 g/mol. The minimum Gasteiger partial charge on any atom is -0.271 e. The zero-order chi connectivity index (χ0) is 15.6. The van der Waals surface area contributed by atoms with E-state index in [1.165, 1.54) is 12.1 Å². The summed E-state index contributed by atoms with van der Waals surface area (Å²) >= 11 is 7.98. The SMILES string of the molecule is NNC(c1cc(Cl)ccc1I)c1ccccc1C(F)(F)F. The summed E-state index contributed by atoms with van der Waals surface area (Å²) in [4.78, 5) is 0. The van der Waals surface area contributed by atoms with Gasteiger partial charge in [0.25, 0.3) is 0 Å². The molecule has 21 heavy (non-hydrogen) atoms. The van der Waals surface area contributed by atoms with Crippen LogP contribution in [0.15, 0.2) is 42.5 Å². The molecule has 2 nitrogen and oxygen atoms in total. The number of hydrogen-bond donors (Lipinski definition) is 2. The monoisotopic (exact) mass is 426 g/mol. The summed E-state index contributed by atoms with van der Waals surface area (Å²) < 4.78 is 40.2. The Morgan fingerprint density at radius 1 is 1.10 bits per heavy atom. The summed E-state index contributed by atoms with van der Waals surface area (Å²) in [6.07, 6.45) is -4.45. The van der Waals surface area contributed by atoms with E-state index in [1.807, 2.05) is 22.6 Å². The largest absolute Gasteiger partial charge is 0.416 e. The van der Waals surface area contributed by atoms with Crippen molar-refractivity contribution in [2.75, 3.05) is 0 Å². The molecule has 2 aromatic carbocycles. The third-order valence-corrected chi connectivity index (χ3v) is 4.23. The topological polar surface area (TPSA) is 38.0 Å². The molecule has 2 aromatic rings. The van der Waals surface area contributed by atoms with Crippen molar-refractivity contribution >= 4 is 34.2 Å². The molecule has 0 aliphatic heterocycles. The van der Waals surface area contributed by atoms with E-state index < -0.39 is 17.8 Å². The molecule has 1 unspecified atom stereocenters. The fourth-order valence-electron chi connectivity index (χ4n) is 2.09. The molecule has 0 radical (unpaired) electrons. The van der Waals surface area contributed by atoms with Crippen LogP contribution in [0.1, 0.15) is 22.7 Å². The first-order valence-electron chi connectivity index (χ1n) is 5.91. The van der Waals surface area contributed by atoms with Gasteiger partial charge in [-0.25, -0.2) is 5.43 Å². The summed E-state index contributed by atoms with van der Waals surface area (Å²) in [7, 11) is 0. The van der Waals surface area contributed by atoms with Crippen molar-refractivity contribution in [1.82, 2.24) is 5.43 Å². The van der Waals surface area contributed by atoms with E-state index in [1.54, 1.807) is 24.3 Å². The lowest BCUT2D eigenvalue weighted by Crippen LogP contribution is -2.31. The average Bonchev–Trinajstić information content (AvgIpc) is 2.43. The Labute approximate surface area is 138 Å². The number of nitrogens with two attached hydrogens (primary N) is 1. The van der Waals surface area contributed by atoms with Crippen LogP contribution in [-0.4, -0.2) is 0 Å². The van der Waals surface area contributed by atoms with Crippen LogP contribution in [-0.2, 0) is 6.18 Å². The molecule has 0 spiro atoms. The van der Waals surface area contributed by atoms with E-state index in [2.05, 4.69) is 5.43 Å². The van der Waals surface area contributed by atoms with Crippen LogP contribution in [0.3, 0.4) is 0 Å². The number of hydrazine groups is 1. The lowest BCUT2D eigenvalue weighted by molar-refractivity contribution is -0.138. The maximum absolute atomic E-state index is 13.1. The first-order valence-corrected chi connectivity index (χ1v) is 7.37. The van der Waals surface area contributed by atoms with E-state index in [4.69, 9.17) is 17.4 Å². The number of benzene rings is 2. The Balaban J connectivity index is 2.60. The van der Waals surface area contributed by atoms with Gasteiger partial charge >= 0.3 is 6.18 Å². The summed E-state index contributed by atoms with van der Waals surface area (Å²) in [5.74, 6) is 5.50. The van der Waals surface area contributed by atoms with Crippen LogP contribution >= 0.6 is 34.2 Å². The van der Waals surface area contributed by atoms with Gasteiger partial charge in [-0.15, -0.1) is 0 Å². The van der Waals surface area contributed by atoms with Gasteiger partial charge in [-0.05, 0) is 58.0 Å². The quantitative estimate of drug-likeness (QED) is 0.430. The second-order valence-corrected chi connectivity index (χ2v) is 5.95. The van der Waals surface area contributed by atoms with E-state index in [0.29, 0.717) is 10.6 Å². The Morgan fingerprint density at radius 2 is 1.76 bits per heavy atom. The normalized spacial score (nSPS) is 13.2. The highest BCUT2D eigenvalue weighted by Crippen LogP contribution is 2.37. The second kappa shape index (κ2) is 6.51. The zero-order valence-electron chi connectivity index (χ0n) is 10.6. The van der Waals surface area contributed by atoms with Gasteiger partial charge in [0.05, 0.1) is 11.6 Å². The molecule has 3 N–H and O–H groups in total. The van der Waals surface area contributed by atoms with Crippen LogP contribution in [0.25, 0.3) is 0 Å². The maximum atomic E-state index is 13.1. The van der Waals surface area contributed by atoms with E-state index in [0.717, 1.165) is 9.64 Å². The molecule has 0 aliphatic rings. The highest BCUT2D eigenvalue weighted by Gasteiger charge is 2.35. The van der Waals surface area contributed by atoms with Crippen molar-refractivity contribution in [3.8, 4) is 0 Å². The summed E-state index contributed by atoms with van der Waals surface area (Å²) in [6.45, 7) is 0. The van der Waals surface area contributed by atoms with Crippen molar-refractivity contribution in [3.05, 3.63) is 67.7 Å². The molecule has 0 aromatic heterocycles. The van der Waals surface area contributed by atoms with Crippen LogP contribution in [0.5, 0.6) is 0 Å². The number of hydrogen-bond acceptors (Lipinski definition) is 2. The summed E-state index contributed by atoms with van der Waals surface area (Å²) in [6, 6.07) is 9.57. The van der Waals surface area contributed by atoms with Gasteiger partial charge in [-0.1, -0.05) is 29.8 Å². The third-order valence-electron chi connectivity index (χ3n) is 3.01. The molecule has 0 aliphatic carbocycles. The smallest absolute Gasteiger partial charge is 0.271 e. The van der Waals surface area contributed by atoms with Crippen LogP contribution < -0.4 is 11.3 Å². The molecular formula is C14H11ClF3IN2. The van der Waals surface area contributed by atoms with Crippen molar-refractivity contribution in [1.29, 1.82) is 0 Å².